The summed E-state index contributed by atoms with van der Waals surface area (Å²) < 4.78 is 2.60. The van der Waals surface area contributed by atoms with Gasteiger partial charge in [-0.1, -0.05) is 185 Å². The molecule has 0 radical (unpaired) electrons. The second kappa shape index (κ2) is 14.6. The molecule has 13 rings (SSSR count). The molecule has 0 N–H and O–H groups in total. The number of aromatic nitrogens is 1. The highest BCUT2D eigenvalue weighted by Gasteiger charge is 2.52. The van der Waals surface area contributed by atoms with Gasteiger partial charge in [-0.2, -0.15) is 0 Å². The maximum Gasteiger partial charge on any atom is 0.125 e. The summed E-state index contributed by atoms with van der Waals surface area (Å²) >= 11 is 0. The molecule has 1 saturated carbocycles. The van der Waals surface area contributed by atoms with Crippen LogP contribution in [-0.4, -0.2) is 10.4 Å². The Hall–Kier alpha value is -6.77. The molecule has 322 valence electrons. The Balaban J connectivity index is 0.995. The van der Waals surface area contributed by atoms with Crippen molar-refractivity contribution in [1.82, 2.24) is 4.57 Å². The van der Waals surface area contributed by atoms with Gasteiger partial charge in [-0.25, -0.2) is 4.99 Å². The van der Waals surface area contributed by atoms with E-state index in [4.69, 9.17) is 4.99 Å². The van der Waals surface area contributed by atoms with Gasteiger partial charge in [0, 0.05) is 22.1 Å². The smallest absolute Gasteiger partial charge is 0.125 e. The molecule has 2 nitrogen and oxygen atoms in total. The molecule has 0 bridgehead atoms. The minimum absolute atomic E-state index is 0.0429. The molecule has 5 aliphatic carbocycles. The molecule has 0 amide bonds. The summed E-state index contributed by atoms with van der Waals surface area (Å²) in [5.41, 5.74) is 20.2. The van der Waals surface area contributed by atoms with Crippen LogP contribution in [0.5, 0.6) is 0 Å². The first kappa shape index (κ1) is 39.6. The molecule has 8 aromatic rings. The summed E-state index contributed by atoms with van der Waals surface area (Å²) in [7, 11) is 0. The van der Waals surface area contributed by atoms with Crippen molar-refractivity contribution in [2.24, 2.45) is 28.7 Å². The Kier molecular flexibility index (Phi) is 8.77. The van der Waals surface area contributed by atoms with Gasteiger partial charge in [0.15, 0.2) is 0 Å². The number of benzene rings is 7. The van der Waals surface area contributed by atoms with Crippen LogP contribution in [0.4, 0.5) is 5.69 Å². The molecule has 7 aromatic carbocycles. The molecule has 1 heterocycles. The largest absolute Gasteiger partial charge is 0.296 e. The highest BCUT2D eigenvalue weighted by atomic mass is 15.1. The van der Waals surface area contributed by atoms with E-state index in [0.29, 0.717) is 23.7 Å². The molecular formula is C64H56N2. The Labute approximate surface area is 389 Å². The van der Waals surface area contributed by atoms with Crippen molar-refractivity contribution < 1.29 is 0 Å². The number of aryl methyl sites for hydroxylation is 1. The van der Waals surface area contributed by atoms with Crippen LogP contribution in [0.2, 0.25) is 0 Å². The molecule has 66 heavy (non-hydrogen) atoms. The maximum atomic E-state index is 5.89. The van der Waals surface area contributed by atoms with Gasteiger partial charge in [0.1, 0.15) is 5.84 Å². The summed E-state index contributed by atoms with van der Waals surface area (Å²) in [5, 5.41) is 5.17. The van der Waals surface area contributed by atoms with Crippen molar-refractivity contribution >= 4 is 49.7 Å². The fourth-order valence-electron chi connectivity index (χ4n) is 13.1. The minimum Gasteiger partial charge on any atom is -0.296 e. The van der Waals surface area contributed by atoms with Crippen LogP contribution in [0.25, 0.3) is 49.3 Å². The monoisotopic (exact) mass is 852 g/mol. The first-order chi connectivity index (χ1) is 32.2. The lowest BCUT2D eigenvalue weighted by molar-refractivity contribution is 0.354. The molecule has 4 unspecified atom stereocenters. The van der Waals surface area contributed by atoms with E-state index in [0.717, 1.165) is 37.2 Å². The van der Waals surface area contributed by atoms with Gasteiger partial charge in [-0.15, -0.1) is 0 Å². The van der Waals surface area contributed by atoms with Gasteiger partial charge in [0.05, 0.1) is 22.1 Å². The maximum absolute atomic E-state index is 5.89. The standard InChI is InChI=1S/C64H56N2/c1-39-16-6-15-25-57(39)65-62(64(32-33-64)46-28-30-56-53(38-46)50-23-13-14-24-55(50)63(56,4)5)66-58-31-27-43-17-7-12-22-49(43)61(58)51-29-26-42(35-59(51)66)34-40(2)52-36-45-19-9-11-21-48(45)54-37-44-18-8-10-20-47(44)41(3)60(52)54/h6-31,35,37-38,40-41,47,52H,32-34,36H2,1-5H3/b65-62+. The van der Waals surface area contributed by atoms with Crippen LogP contribution in [0.1, 0.15) is 79.5 Å². The number of allylic oxidation sites excluding steroid dienone is 8. The molecular weight excluding hydrogens is 797 g/mol. The molecule has 0 aliphatic heterocycles. The van der Waals surface area contributed by atoms with E-state index in [9.17, 15) is 0 Å². The molecule has 2 heteroatoms. The Morgan fingerprint density at radius 1 is 0.727 bits per heavy atom. The van der Waals surface area contributed by atoms with Crippen LogP contribution in [0, 0.1) is 30.6 Å². The predicted octanol–water partition coefficient (Wildman–Crippen LogP) is 16.0. The van der Waals surface area contributed by atoms with Gasteiger partial charge >= 0.3 is 0 Å². The summed E-state index contributed by atoms with van der Waals surface area (Å²) in [6.45, 7) is 12.0. The van der Waals surface area contributed by atoms with E-state index >= 15 is 0 Å². The van der Waals surface area contributed by atoms with Crippen LogP contribution in [-0.2, 0) is 23.7 Å². The third kappa shape index (κ3) is 5.83. The van der Waals surface area contributed by atoms with Gasteiger partial charge < -0.3 is 0 Å². The molecule has 0 saturated heterocycles. The third-order valence-electron chi connectivity index (χ3n) is 16.7. The lowest BCUT2D eigenvalue weighted by Gasteiger charge is -2.42. The molecule has 0 spiro atoms. The summed E-state index contributed by atoms with van der Waals surface area (Å²) in [6.07, 6.45) is 15.9. The lowest BCUT2D eigenvalue weighted by Crippen LogP contribution is -2.32. The van der Waals surface area contributed by atoms with Crippen molar-refractivity contribution in [1.29, 1.82) is 0 Å². The van der Waals surface area contributed by atoms with E-state index in [1.54, 1.807) is 5.57 Å². The van der Waals surface area contributed by atoms with E-state index in [2.05, 4.69) is 215 Å². The number of para-hydroxylation sites is 1. The second-order valence-electron chi connectivity index (χ2n) is 20.8. The number of hydrogen-bond acceptors (Lipinski definition) is 1. The minimum atomic E-state index is -0.253. The first-order valence-electron chi connectivity index (χ1n) is 24.4. The molecule has 1 aromatic heterocycles. The second-order valence-corrected chi connectivity index (χ2v) is 20.8. The van der Waals surface area contributed by atoms with Crippen molar-refractivity contribution in [3.63, 3.8) is 0 Å². The van der Waals surface area contributed by atoms with Crippen LogP contribution < -0.4 is 0 Å². The first-order valence-corrected chi connectivity index (χ1v) is 24.4. The predicted molar refractivity (Wildman–Crippen MR) is 278 cm³/mol. The zero-order chi connectivity index (χ0) is 44.5. The number of nitrogens with zero attached hydrogens (tertiary/aromatic N) is 2. The van der Waals surface area contributed by atoms with E-state index in [-0.39, 0.29) is 10.8 Å². The average molecular weight is 853 g/mol. The van der Waals surface area contributed by atoms with Gasteiger partial charge in [0.25, 0.3) is 0 Å². The Morgan fingerprint density at radius 3 is 2.36 bits per heavy atom. The van der Waals surface area contributed by atoms with Crippen molar-refractivity contribution in [3.8, 4) is 11.1 Å². The van der Waals surface area contributed by atoms with Crippen LogP contribution >= 0.6 is 0 Å². The fourth-order valence-corrected chi connectivity index (χ4v) is 13.1. The van der Waals surface area contributed by atoms with Crippen LogP contribution in [0.15, 0.2) is 192 Å². The van der Waals surface area contributed by atoms with Crippen molar-refractivity contribution in [3.05, 3.63) is 226 Å². The van der Waals surface area contributed by atoms with E-state index in [1.165, 1.54) is 93.8 Å². The summed E-state index contributed by atoms with van der Waals surface area (Å²) in [5.74, 6) is 2.91. The Morgan fingerprint density at radius 2 is 1.50 bits per heavy atom. The normalized spacial score (nSPS) is 21.3. The zero-order valence-corrected chi connectivity index (χ0v) is 38.8. The van der Waals surface area contributed by atoms with Gasteiger partial charge in [-0.3, -0.25) is 4.57 Å². The molecule has 5 aliphatic rings. The number of rotatable bonds is 6. The molecule has 4 atom stereocenters. The fraction of sp³-hybridized carbons (Fsp3) is 0.234. The number of aliphatic imine (C=N–C) groups is 1. The Bertz CT molecular complexity index is 3520. The average Bonchev–Trinajstić information content (AvgIpc) is 4.04. The third-order valence-corrected chi connectivity index (χ3v) is 16.7. The SMILES string of the molecule is Cc1ccccc1/N=C(/n1c2cc(CC(C)C3Cc4ccccc4C4=C3C(C)C3C=CC=CC3=C4)ccc2c2c3ccccc3ccc21)C1(c2ccc3c(c2)-c2ccccc2C3(C)C)CC1. The quantitative estimate of drug-likeness (QED) is 0.117. The highest BCUT2D eigenvalue weighted by Crippen LogP contribution is 2.56. The molecule has 1 fully saturated rings. The van der Waals surface area contributed by atoms with Crippen LogP contribution in [0.3, 0.4) is 0 Å². The zero-order valence-electron chi connectivity index (χ0n) is 38.8. The van der Waals surface area contributed by atoms with Gasteiger partial charge in [-0.05, 0) is 147 Å². The summed E-state index contributed by atoms with van der Waals surface area (Å²) in [6, 6.07) is 55.4. The highest BCUT2D eigenvalue weighted by molar-refractivity contribution is 6.25. The lowest BCUT2D eigenvalue weighted by atomic mass is 9.62. The van der Waals surface area contributed by atoms with E-state index < -0.39 is 0 Å². The topological polar surface area (TPSA) is 17.3 Å². The van der Waals surface area contributed by atoms with Gasteiger partial charge in [0.2, 0.25) is 0 Å². The number of fused-ring (bicyclic) bond motifs is 11. The van der Waals surface area contributed by atoms with Crippen molar-refractivity contribution in [2.45, 2.75) is 71.1 Å². The van der Waals surface area contributed by atoms with Crippen molar-refractivity contribution in [2.75, 3.05) is 0 Å². The van der Waals surface area contributed by atoms with E-state index in [1.807, 2.05) is 0 Å². The number of hydrogen-bond donors (Lipinski definition) is 0. The summed E-state index contributed by atoms with van der Waals surface area (Å²) in [4.78, 5) is 5.89.